The average Bonchev–Trinajstić information content (AvgIpc) is 2.66. The van der Waals surface area contributed by atoms with E-state index < -0.39 is 0 Å². The lowest BCUT2D eigenvalue weighted by atomic mass is 9.96. The Bertz CT molecular complexity index is 583. The number of nitrogens with one attached hydrogen (secondary N) is 1. The second-order valence-corrected chi connectivity index (χ2v) is 6.27. The molecule has 1 aliphatic rings. The summed E-state index contributed by atoms with van der Waals surface area (Å²) < 4.78 is 10.4. The van der Waals surface area contributed by atoms with Gasteiger partial charge in [0.15, 0.2) is 0 Å². The molecule has 0 aliphatic carbocycles. The Kier molecular flexibility index (Phi) is 7.25. The van der Waals surface area contributed by atoms with E-state index in [0.717, 1.165) is 37.2 Å². The second kappa shape index (κ2) is 9.42. The lowest BCUT2D eigenvalue weighted by Gasteiger charge is -2.34. The predicted molar refractivity (Wildman–Crippen MR) is 95.2 cm³/mol. The Morgan fingerprint density at radius 2 is 1.96 bits per heavy atom. The van der Waals surface area contributed by atoms with Crippen LogP contribution in [0, 0.1) is 5.92 Å². The van der Waals surface area contributed by atoms with E-state index in [1.54, 1.807) is 7.11 Å². The van der Waals surface area contributed by atoms with Gasteiger partial charge < -0.3 is 14.8 Å². The number of piperidine rings is 1. The van der Waals surface area contributed by atoms with Crippen molar-refractivity contribution < 1.29 is 19.1 Å². The highest BCUT2D eigenvalue weighted by Crippen LogP contribution is 2.21. The van der Waals surface area contributed by atoms with Gasteiger partial charge in [-0.25, -0.2) is 0 Å². The maximum Gasteiger partial charge on any atom is 0.309 e. The van der Waals surface area contributed by atoms with Crippen LogP contribution in [0.3, 0.4) is 0 Å². The van der Waals surface area contributed by atoms with Crippen molar-refractivity contribution in [2.24, 2.45) is 5.92 Å². The van der Waals surface area contributed by atoms with Crippen molar-refractivity contribution in [3.05, 3.63) is 29.8 Å². The zero-order chi connectivity index (χ0) is 18.2. The van der Waals surface area contributed by atoms with Gasteiger partial charge in [0.2, 0.25) is 5.91 Å². The Morgan fingerprint density at radius 3 is 2.60 bits per heavy atom. The van der Waals surface area contributed by atoms with Gasteiger partial charge in [0.05, 0.1) is 25.7 Å². The molecule has 25 heavy (non-hydrogen) atoms. The molecule has 0 radical (unpaired) electrons. The minimum absolute atomic E-state index is 0.0134. The average molecular weight is 348 g/mol. The van der Waals surface area contributed by atoms with E-state index in [4.69, 9.17) is 9.47 Å². The summed E-state index contributed by atoms with van der Waals surface area (Å²) in [5.41, 5.74) is 0.951. The van der Waals surface area contributed by atoms with Gasteiger partial charge in [-0.1, -0.05) is 18.2 Å². The molecule has 2 rings (SSSR count). The molecule has 1 unspecified atom stereocenters. The number of amides is 1. The van der Waals surface area contributed by atoms with Crippen molar-refractivity contribution in [1.82, 2.24) is 10.2 Å². The Balaban J connectivity index is 1.81. The number of carbonyl (C=O) groups is 2. The van der Waals surface area contributed by atoms with Crippen LogP contribution in [-0.2, 0) is 20.9 Å². The van der Waals surface area contributed by atoms with Crippen LogP contribution in [0.25, 0.3) is 0 Å². The molecule has 6 heteroatoms. The first-order valence-electron chi connectivity index (χ1n) is 8.87. The van der Waals surface area contributed by atoms with Crippen LogP contribution in [-0.4, -0.2) is 49.6 Å². The van der Waals surface area contributed by atoms with Crippen LogP contribution in [0.1, 0.15) is 32.3 Å². The zero-order valence-corrected chi connectivity index (χ0v) is 15.3. The number of rotatable bonds is 7. The zero-order valence-electron chi connectivity index (χ0n) is 15.3. The predicted octanol–water partition coefficient (Wildman–Crippen LogP) is 1.97. The molecular weight excluding hydrogens is 320 g/mol. The molecule has 0 aromatic heterocycles. The monoisotopic (exact) mass is 348 g/mol. The van der Waals surface area contributed by atoms with E-state index >= 15 is 0 Å². The van der Waals surface area contributed by atoms with Gasteiger partial charge in [-0.05, 0) is 45.8 Å². The summed E-state index contributed by atoms with van der Waals surface area (Å²) in [6, 6.07) is 7.42. The molecule has 1 amide bonds. The number of methoxy groups -OCH3 is 1. The van der Waals surface area contributed by atoms with Crippen molar-refractivity contribution in [2.75, 3.05) is 26.8 Å². The maximum absolute atomic E-state index is 12.4. The van der Waals surface area contributed by atoms with E-state index in [9.17, 15) is 9.59 Å². The van der Waals surface area contributed by atoms with Crippen molar-refractivity contribution in [3.63, 3.8) is 0 Å². The lowest BCUT2D eigenvalue weighted by molar-refractivity contribution is -0.149. The highest BCUT2D eigenvalue weighted by atomic mass is 16.5. The largest absolute Gasteiger partial charge is 0.496 e. The summed E-state index contributed by atoms with van der Waals surface area (Å²) in [7, 11) is 1.62. The summed E-state index contributed by atoms with van der Waals surface area (Å²) in [6.45, 7) is 6.04. The molecule has 1 heterocycles. The molecular formula is C19H28N2O4. The van der Waals surface area contributed by atoms with Gasteiger partial charge in [0, 0.05) is 12.1 Å². The number of likely N-dealkylation sites (tertiary alicyclic amines) is 1. The van der Waals surface area contributed by atoms with Gasteiger partial charge in [-0.15, -0.1) is 0 Å². The quantitative estimate of drug-likeness (QED) is 0.763. The van der Waals surface area contributed by atoms with Crippen LogP contribution in [0.2, 0.25) is 0 Å². The number of carbonyl (C=O) groups excluding carboxylic acids is 2. The highest BCUT2D eigenvalue weighted by molar-refractivity contribution is 5.81. The molecule has 138 valence electrons. The first-order valence-corrected chi connectivity index (χ1v) is 8.87. The van der Waals surface area contributed by atoms with Crippen LogP contribution in [0.5, 0.6) is 5.75 Å². The first kappa shape index (κ1) is 19.2. The third-order valence-corrected chi connectivity index (χ3v) is 4.72. The third kappa shape index (κ3) is 5.19. The van der Waals surface area contributed by atoms with Crippen LogP contribution < -0.4 is 10.1 Å². The molecule has 1 aromatic rings. The van der Waals surface area contributed by atoms with Crippen molar-refractivity contribution >= 4 is 11.9 Å². The molecule has 1 aliphatic heterocycles. The molecule has 0 bridgehead atoms. The molecule has 0 spiro atoms. The van der Waals surface area contributed by atoms with E-state index in [1.165, 1.54) is 0 Å². The number of para-hydroxylation sites is 1. The standard InChI is InChI=1S/C19H28N2O4/c1-4-25-19(23)15-9-11-21(12-10-15)14(2)18(22)20-13-16-7-5-6-8-17(16)24-3/h5-8,14-15H,4,9-13H2,1-3H3,(H,20,22). The number of benzene rings is 1. The third-order valence-electron chi connectivity index (χ3n) is 4.72. The molecule has 1 atom stereocenters. The van der Waals surface area contributed by atoms with E-state index in [1.807, 2.05) is 38.1 Å². The van der Waals surface area contributed by atoms with Crippen molar-refractivity contribution in [3.8, 4) is 5.75 Å². The Labute approximate surface area is 149 Å². The maximum atomic E-state index is 12.4. The fourth-order valence-corrected chi connectivity index (χ4v) is 3.13. The van der Waals surface area contributed by atoms with E-state index in [-0.39, 0.29) is 23.8 Å². The van der Waals surface area contributed by atoms with Gasteiger partial charge in [0.1, 0.15) is 5.75 Å². The summed E-state index contributed by atoms with van der Waals surface area (Å²) in [6.07, 6.45) is 1.48. The first-order chi connectivity index (χ1) is 12.1. The second-order valence-electron chi connectivity index (χ2n) is 6.27. The number of hydrogen-bond acceptors (Lipinski definition) is 5. The van der Waals surface area contributed by atoms with Gasteiger partial charge in [-0.2, -0.15) is 0 Å². The summed E-state index contributed by atoms with van der Waals surface area (Å²) in [4.78, 5) is 26.4. The van der Waals surface area contributed by atoms with Crippen molar-refractivity contribution in [1.29, 1.82) is 0 Å². The summed E-state index contributed by atoms with van der Waals surface area (Å²) >= 11 is 0. The molecule has 0 saturated carbocycles. The highest BCUT2D eigenvalue weighted by Gasteiger charge is 2.30. The molecule has 6 nitrogen and oxygen atoms in total. The lowest BCUT2D eigenvalue weighted by Crippen LogP contribution is -2.48. The van der Waals surface area contributed by atoms with Crippen LogP contribution >= 0.6 is 0 Å². The minimum Gasteiger partial charge on any atom is -0.496 e. The van der Waals surface area contributed by atoms with Gasteiger partial charge in [0.25, 0.3) is 0 Å². The van der Waals surface area contributed by atoms with Gasteiger partial charge >= 0.3 is 5.97 Å². The smallest absolute Gasteiger partial charge is 0.309 e. The Hall–Kier alpha value is -2.08. The summed E-state index contributed by atoms with van der Waals surface area (Å²) in [5, 5.41) is 2.97. The topological polar surface area (TPSA) is 67.9 Å². The SMILES string of the molecule is CCOC(=O)C1CCN(C(C)C(=O)NCc2ccccc2OC)CC1. The minimum atomic E-state index is -0.224. The fraction of sp³-hybridized carbons (Fsp3) is 0.579. The van der Waals surface area contributed by atoms with E-state index in [0.29, 0.717) is 13.2 Å². The van der Waals surface area contributed by atoms with Crippen molar-refractivity contribution in [2.45, 2.75) is 39.3 Å². The summed E-state index contributed by atoms with van der Waals surface area (Å²) in [5.74, 6) is 0.599. The number of esters is 1. The molecule has 1 aromatic carbocycles. The molecule has 1 N–H and O–H groups in total. The molecule has 1 saturated heterocycles. The molecule has 1 fully saturated rings. The fourth-order valence-electron chi connectivity index (χ4n) is 3.13. The normalized spacial score (nSPS) is 16.9. The van der Waals surface area contributed by atoms with Crippen LogP contribution in [0.15, 0.2) is 24.3 Å². The van der Waals surface area contributed by atoms with Gasteiger partial charge in [-0.3, -0.25) is 14.5 Å². The number of nitrogens with zero attached hydrogens (tertiary/aromatic N) is 1. The Morgan fingerprint density at radius 1 is 1.28 bits per heavy atom. The van der Waals surface area contributed by atoms with Crippen LogP contribution in [0.4, 0.5) is 0 Å². The number of ether oxygens (including phenoxy) is 2. The number of hydrogen-bond donors (Lipinski definition) is 1. The van der Waals surface area contributed by atoms with E-state index in [2.05, 4.69) is 10.2 Å².